The third-order valence-electron chi connectivity index (χ3n) is 3.86. The molecule has 1 fully saturated rings. The highest BCUT2D eigenvalue weighted by Gasteiger charge is 2.31. The first-order chi connectivity index (χ1) is 9.99. The Morgan fingerprint density at radius 3 is 2.71 bits per heavy atom. The van der Waals surface area contributed by atoms with Gasteiger partial charge in [0, 0.05) is 12.6 Å². The van der Waals surface area contributed by atoms with Crippen molar-refractivity contribution in [2.24, 2.45) is 11.8 Å². The molecule has 0 aromatic carbocycles. The van der Waals surface area contributed by atoms with Gasteiger partial charge in [0.05, 0.1) is 5.92 Å². The van der Waals surface area contributed by atoms with E-state index in [2.05, 4.69) is 10.3 Å². The number of aromatic nitrogens is 1. The number of rotatable bonds is 5. The maximum Gasteiger partial charge on any atom is 0.321 e. The fraction of sp³-hybridized carbons (Fsp3) is 0.538. The smallest absolute Gasteiger partial charge is 0.321 e. The quantitative estimate of drug-likeness (QED) is 0.561. The van der Waals surface area contributed by atoms with Crippen molar-refractivity contribution >= 4 is 17.7 Å². The zero-order valence-electron chi connectivity index (χ0n) is 11.4. The van der Waals surface area contributed by atoms with Crippen molar-refractivity contribution in [3.05, 3.63) is 27.9 Å². The molecule has 2 atom stereocenters. The van der Waals surface area contributed by atoms with E-state index in [-0.39, 0.29) is 24.0 Å². The van der Waals surface area contributed by atoms with E-state index in [4.69, 9.17) is 5.11 Å². The van der Waals surface area contributed by atoms with Gasteiger partial charge in [0.2, 0.25) is 0 Å². The maximum absolute atomic E-state index is 11.9. The van der Waals surface area contributed by atoms with E-state index in [9.17, 15) is 19.7 Å². The average molecular weight is 295 g/mol. The number of nitro groups is 1. The number of amides is 1. The Morgan fingerprint density at radius 1 is 1.38 bits per heavy atom. The third-order valence-corrected chi connectivity index (χ3v) is 3.86. The summed E-state index contributed by atoms with van der Waals surface area (Å²) < 4.78 is 0. The second-order valence-corrected chi connectivity index (χ2v) is 5.21. The van der Waals surface area contributed by atoms with Gasteiger partial charge in [-0.25, -0.2) is 4.98 Å². The predicted octanol–water partition coefficient (Wildman–Crippen LogP) is 1.54. The molecule has 1 aromatic heterocycles. The number of aromatic amines is 1. The van der Waals surface area contributed by atoms with Gasteiger partial charge >= 0.3 is 11.8 Å². The lowest BCUT2D eigenvalue weighted by atomic mass is 9.79. The van der Waals surface area contributed by atoms with Crippen molar-refractivity contribution in [2.75, 3.05) is 6.54 Å². The molecule has 1 amide bonds. The molecular formula is C13H17N3O5. The van der Waals surface area contributed by atoms with Crippen LogP contribution in [0.4, 0.5) is 5.82 Å². The van der Waals surface area contributed by atoms with Crippen LogP contribution in [0, 0.1) is 22.0 Å². The molecule has 2 rings (SSSR count). The molecular weight excluding hydrogens is 278 g/mol. The fourth-order valence-electron chi connectivity index (χ4n) is 2.72. The molecule has 1 aliphatic carbocycles. The number of nitrogens with zero attached hydrogens (tertiary/aromatic N) is 1. The highest BCUT2D eigenvalue weighted by Crippen LogP contribution is 2.29. The molecule has 1 heterocycles. The molecule has 2 unspecified atom stereocenters. The van der Waals surface area contributed by atoms with Gasteiger partial charge in [-0.1, -0.05) is 12.8 Å². The highest BCUT2D eigenvalue weighted by molar-refractivity contribution is 5.92. The summed E-state index contributed by atoms with van der Waals surface area (Å²) in [6, 6.07) is 2.55. The number of carboxylic acid groups (broad SMARTS) is 1. The van der Waals surface area contributed by atoms with E-state index in [0.29, 0.717) is 6.42 Å². The summed E-state index contributed by atoms with van der Waals surface area (Å²) in [7, 11) is 0. The van der Waals surface area contributed by atoms with Gasteiger partial charge in [-0.05, 0) is 29.7 Å². The van der Waals surface area contributed by atoms with Crippen molar-refractivity contribution in [3.63, 3.8) is 0 Å². The van der Waals surface area contributed by atoms with Gasteiger partial charge in [0.15, 0.2) is 5.69 Å². The minimum atomic E-state index is -0.829. The van der Waals surface area contributed by atoms with Gasteiger partial charge in [-0.3, -0.25) is 9.59 Å². The van der Waals surface area contributed by atoms with Crippen molar-refractivity contribution in [1.29, 1.82) is 0 Å². The van der Waals surface area contributed by atoms with Gasteiger partial charge in [0.1, 0.15) is 0 Å². The van der Waals surface area contributed by atoms with Crippen LogP contribution in [-0.2, 0) is 4.79 Å². The molecule has 8 nitrogen and oxygen atoms in total. The first kappa shape index (κ1) is 15.0. The number of hydrogen-bond acceptors (Lipinski definition) is 4. The summed E-state index contributed by atoms with van der Waals surface area (Å²) in [5.74, 6) is -2.06. The van der Waals surface area contributed by atoms with E-state index in [1.54, 1.807) is 0 Å². The molecule has 1 aliphatic rings. The van der Waals surface area contributed by atoms with E-state index in [0.717, 1.165) is 19.3 Å². The summed E-state index contributed by atoms with van der Waals surface area (Å²) in [6.07, 6.45) is 3.24. The predicted molar refractivity (Wildman–Crippen MR) is 72.9 cm³/mol. The molecule has 8 heteroatoms. The van der Waals surface area contributed by atoms with Crippen LogP contribution in [0.15, 0.2) is 12.1 Å². The number of nitrogens with one attached hydrogen (secondary N) is 2. The standard InChI is InChI=1S/C13H17N3O5/c17-12(10-5-6-11(15-10)16(20)21)14-7-8-3-1-2-4-9(8)13(18)19/h5-6,8-9,15H,1-4,7H2,(H,14,17)(H,18,19). The largest absolute Gasteiger partial charge is 0.481 e. The van der Waals surface area contributed by atoms with Gasteiger partial charge < -0.3 is 20.5 Å². The summed E-state index contributed by atoms with van der Waals surface area (Å²) in [4.78, 5) is 35.4. The van der Waals surface area contributed by atoms with Gasteiger partial charge in [-0.15, -0.1) is 0 Å². The van der Waals surface area contributed by atoms with Crippen LogP contribution in [0.3, 0.4) is 0 Å². The number of carboxylic acids is 1. The number of carbonyl (C=O) groups is 2. The first-order valence-electron chi connectivity index (χ1n) is 6.83. The van der Waals surface area contributed by atoms with E-state index in [1.807, 2.05) is 0 Å². The Hall–Kier alpha value is -2.38. The van der Waals surface area contributed by atoms with Crippen molar-refractivity contribution < 1.29 is 19.6 Å². The molecule has 0 spiro atoms. The number of carbonyl (C=O) groups excluding carboxylic acids is 1. The van der Waals surface area contributed by atoms with Crippen LogP contribution >= 0.6 is 0 Å². The average Bonchev–Trinajstić information content (AvgIpc) is 2.95. The van der Waals surface area contributed by atoms with Crippen LogP contribution in [0.2, 0.25) is 0 Å². The van der Waals surface area contributed by atoms with Gasteiger partial charge in [0.25, 0.3) is 5.91 Å². The molecule has 1 aromatic rings. The summed E-state index contributed by atoms with van der Waals surface area (Å²) >= 11 is 0. The van der Waals surface area contributed by atoms with Crippen LogP contribution in [-0.4, -0.2) is 33.4 Å². The molecule has 21 heavy (non-hydrogen) atoms. The lowest BCUT2D eigenvalue weighted by Gasteiger charge is -2.28. The van der Waals surface area contributed by atoms with Crippen molar-refractivity contribution in [3.8, 4) is 0 Å². The maximum atomic E-state index is 11.9. The zero-order valence-corrected chi connectivity index (χ0v) is 11.4. The number of hydrogen-bond donors (Lipinski definition) is 3. The van der Waals surface area contributed by atoms with E-state index >= 15 is 0 Å². The molecule has 0 aliphatic heterocycles. The monoisotopic (exact) mass is 295 g/mol. The van der Waals surface area contributed by atoms with Crippen LogP contribution < -0.4 is 5.32 Å². The van der Waals surface area contributed by atoms with Crippen molar-refractivity contribution in [1.82, 2.24) is 10.3 Å². The lowest BCUT2D eigenvalue weighted by molar-refractivity contribution is -0.389. The number of H-pyrrole nitrogens is 1. The van der Waals surface area contributed by atoms with E-state index in [1.165, 1.54) is 12.1 Å². The summed E-state index contributed by atoms with van der Waals surface area (Å²) in [6.45, 7) is 0.266. The third kappa shape index (κ3) is 3.59. The molecule has 3 N–H and O–H groups in total. The molecule has 0 radical (unpaired) electrons. The lowest BCUT2D eigenvalue weighted by Crippen LogP contribution is -2.37. The Kier molecular flexibility index (Phi) is 4.56. The second-order valence-electron chi connectivity index (χ2n) is 5.21. The topological polar surface area (TPSA) is 125 Å². The van der Waals surface area contributed by atoms with Crippen LogP contribution in [0.1, 0.15) is 36.2 Å². The second kappa shape index (κ2) is 6.38. The molecule has 1 saturated carbocycles. The molecule has 114 valence electrons. The van der Waals surface area contributed by atoms with E-state index < -0.39 is 22.7 Å². The Morgan fingerprint density at radius 2 is 2.10 bits per heavy atom. The zero-order chi connectivity index (χ0) is 15.4. The van der Waals surface area contributed by atoms with Crippen molar-refractivity contribution in [2.45, 2.75) is 25.7 Å². The molecule has 0 bridgehead atoms. The minimum Gasteiger partial charge on any atom is -0.481 e. The fourth-order valence-corrected chi connectivity index (χ4v) is 2.72. The first-order valence-corrected chi connectivity index (χ1v) is 6.83. The summed E-state index contributed by atoms with van der Waals surface area (Å²) in [5, 5.41) is 22.3. The van der Waals surface area contributed by atoms with Crippen LogP contribution in [0.25, 0.3) is 0 Å². The normalized spacial score (nSPS) is 21.7. The minimum absolute atomic E-state index is 0.0925. The Bertz CT molecular complexity index is 554. The van der Waals surface area contributed by atoms with Gasteiger partial charge in [-0.2, -0.15) is 0 Å². The number of aliphatic carboxylic acids is 1. The summed E-state index contributed by atoms with van der Waals surface area (Å²) in [5.41, 5.74) is 0.101. The van der Waals surface area contributed by atoms with Crippen LogP contribution in [0.5, 0.6) is 0 Å². The Labute approximate surface area is 120 Å². The highest BCUT2D eigenvalue weighted by atomic mass is 16.6. The SMILES string of the molecule is O=C(NCC1CCCCC1C(=O)O)c1ccc([N+](=O)[O-])[nH]1. The Balaban J connectivity index is 1.93. The molecule has 0 saturated heterocycles.